The molecule has 2 aromatic rings. The lowest BCUT2D eigenvalue weighted by Crippen LogP contribution is -2.35. The highest BCUT2D eigenvalue weighted by Crippen LogP contribution is 2.46. The monoisotopic (exact) mass is 460 g/mol. The molecule has 1 aromatic heterocycles. The van der Waals surface area contributed by atoms with Crippen molar-refractivity contribution in [2.75, 3.05) is 33.2 Å². The van der Waals surface area contributed by atoms with Crippen LogP contribution >= 0.6 is 35.3 Å². The largest absolute Gasteiger partial charge is 0.497 e. The number of likely N-dealkylation sites (N-methyl/N-ethyl adjacent to an activating group) is 2. The van der Waals surface area contributed by atoms with Crippen molar-refractivity contribution in [1.82, 2.24) is 14.4 Å². The number of methoxy groups -OCH3 is 1. The third-order valence-electron chi connectivity index (χ3n) is 5.05. The first kappa shape index (κ1) is 20.7. The zero-order valence-electron chi connectivity index (χ0n) is 17.0. The zero-order chi connectivity index (χ0) is 21.7. The van der Waals surface area contributed by atoms with Gasteiger partial charge in [0.2, 0.25) is 0 Å². The maximum absolute atomic E-state index is 13.4. The molecule has 2 aliphatic rings. The van der Waals surface area contributed by atoms with Crippen molar-refractivity contribution in [2.45, 2.75) is 11.4 Å². The van der Waals surface area contributed by atoms with E-state index in [-0.39, 0.29) is 11.5 Å². The fourth-order valence-corrected chi connectivity index (χ4v) is 6.10. The second-order valence-corrected chi connectivity index (χ2v) is 9.19. The predicted octanol–water partition coefficient (Wildman–Crippen LogP) is 1.21. The number of anilines is 1. The molecule has 0 atom stereocenters. The van der Waals surface area contributed by atoms with Gasteiger partial charge in [0.1, 0.15) is 25.7 Å². The summed E-state index contributed by atoms with van der Waals surface area (Å²) in [7, 11) is 6.93. The molecule has 3 heterocycles. The zero-order valence-corrected chi connectivity index (χ0v) is 19.4. The van der Waals surface area contributed by atoms with Crippen LogP contribution in [0.2, 0.25) is 0 Å². The lowest BCUT2D eigenvalue weighted by atomic mass is 10.3. The first-order valence-corrected chi connectivity index (χ1v) is 11.1. The number of nitrogens with zero attached hydrogens (tertiary/aromatic N) is 4. The van der Waals surface area contributed by atoms with E-state index in [0.29, 0.717) is 26.5 Å². The summed E-state index contributed by atoms with van der Waals surface area (Å²) < 4.78 is 8.07. The molecule has 0 saturated carbocycles. The number of rotatable bonds is 3. The van der Waals surface area contributed by atoms with Crippen LogP contribution in [0, 0.1) is 0 Å². The first-order valence-electron chi connectivity index (χ1n) is 9.04. The van der Waals surface area contributed by atoms with Crippen molar-refractivity contribution in [2.24, 2.45) is 0 Å². The minimum atomic E-state index is -0.224. The number of amides is 1. The summed E-state index contributed by atoms with van der Waals surface area (Å²) >= 11 is 8.17. The molecule has 1 amide bonds. The lowest BCUT2D eigenvalue weighted by molar-refractivity contribution is -0.120. The number of thiazole rings is 1. The van der Waals surface area contributed by atoms with Crippen LogP contribution in [-0.4, -0.2) is 53.6 Å². The maximum atomic E-state index is 13.4. The molecule has 0 radical (unpaired) electrons. The third kappa shape index (κ3) is 2.98. The fraction of sp³-hybridized carbons (Fsp3) is 0.250. The number of aromatic nitrogens is 1. The quantitative estimate of drug-likeness (QED) is 0.504. The predicted molar refractivity (Wildman–Crippen MR) is 125 cm³/mol. The Morgan fingerprint density at radius 3 is 2.50 bits per heavy atom. The number of hydrogen-bond acceptors (Lipinski definition) is 7. The Balaban J connectivity index is 2.01. The van der Waals surface area contributed by atoms with Gasteiger partial charge in [-0.05, 0) is 24.4 Å². The van der Waals surface area contributed by atoms with E-state index in [1.54, 1.807) is 36.7 Å². The van der Waals surface area contributed by atoms with Gasteiger partial charge >= 0.3 is 0 Å². The summed E-state index contributed by atoms with van der Waals surface area (Å²) in [4.78, 5) is 32.3. The summed E-state index contributed by atoms with van der Waals surface area (Å²) in [5.41, 5.74) is 1.22. The average molecular weight is 461 g/mol. The topological polar surface area (TPSA) is 58.0 Å². The number of fused-ring (bicyclic) bond motifs is 1. The van der Waals surface area contributed by atoms with Crippen molar-refractivity contribution in [1.29, 1.82) is 0 Å². The van der Waals surface area contributed by atoms with Crippen molar-refractivity contribution in [3.05, 3.63) is 50.4 Å². The smallest absolute Gasteiger partial charge is 0.279 e. The molecular formula is C20H20N4O3S3. The van der Waals surface area contributed by atoms with E-state index in [4.69, 9.17) is 17.0 Å². The highest BCUT2D eigenvalue weighted by molar-refractivity contribution is 8.08. The van der Waals surface area contributed by atoms with Gasteiger partial charge in [-0.15, -0.1) is 17.9 Å². The number of benzene rings is 1. The van der Waals surface area contributed by atoms with Crippen LogP contribution in [0.4, 0.5) is 5.69 Å². The van der Waals surface area contributed by atoms with Gasteiger partial charge in [0, 0.05) is 38.6 Å². The van der Waals surface area contributed by atoms with Crippen LogP contribution < -0.4 is 24.4 Å². The van der Waals surface area contributed by atoms with E-state index < -0.39 is 0 Å². The summed E-state index contributed by atoms with van der Waals surface area (Å²) in [6.07, 6.45) is 1.65. The van der Waals surface area contributed by atoms with Gasteiger partial charge in [-0.3, -0.25) is 19.1 Å². The molecule has 156 valence electrons. The normalized spacial score (nSPS) is 19.7. The number of allylic oxidation sites excluding steroid dienone is 1. The molecule has 7 nitrogen and oxygen atoms in total. The summed E-state index contributed by atoms with van der Waals surface area (Å²) in [5, 5.41) is 1.23. The summed E-state index contributed by atoms with van der Waals surface area (Å²) in [6.45, 7) is 4.07. The van der Waals surface area contributed by atoms with Crippen LogP contribution in [0.15, 0.2) is 40.5 Å². The number of ether oxygens (including phenoxy) is 1. The van der Waals surface area contributed by atoms with Crippen LogP contribution in [0.1, 0.15) is 0 Å². The molecule has 2 aliphatic heterocycles. The third-order valence-corrected chi connectivity index (χ3v) is 8.14. The van der Waals surface area contributed by atoms with Gasteiger partial charge in [0.15, 0.2) is 5.11 Å². The van der Waals surface area contributed by atoms with E-state index >= 15 is 0 Å². The van der Waals surface area contributed by atoms with E-state index in [1.165, 1.54) is 28.0 Å². The molecular weight excluding hydrogens is 440 g/mol. The summed E-state index contributed by atoms with van der Waals surface area (Å²) in [6, 6.07) is 5.83. The molecule has 4 rings (SSSR count). The number of carbonyl (C=O) groups excluding carboxylic acids is 1. The molecule has 0 bridgehead atoms. The van der Waals surface area contributed by atoms with Gasteiger partial charge in [0.05, 0.1) is 12.8 Å². The number of carbonyl (C=O) groups is 1. The fourth-order valence-electron chi connectivity index (χ4n) is 3.41. The minimum absolute atomic E-state index is 0.154. The Kier molecular flexibility index (Phi) is 5.25. The number of thiocarbonyl (C=S) groups is 1. The van der Waals surface area contributed by atoms with Crippen LogP contribution in [0.3, 0.4) is 0 Å². The molecule has 1 saturated heterocycles. The first-order chi connectivity index (χ1) is 14.3. The van der Waals surface area contributed by atoms with E-state index in [2.05, 4.69) is 6.58 Å². The Bertz CT molecular complexity index is 1280. The molecule has 0 N–H and O–H groups in total. The minimum Gasteiger partial charge on any atom is -0.497 e. The number of thioether (sulfide) groups is 1. The van der Waals surface area contributed by atoms with Gasteiger partial charge in [-0.25, -0.2) is 0 Å². The molecule has 0 spiro atoms. The molecule has 0 unspecified atom stereocenters. The molecule has 1 aromatic carbocycles. The van der Waals surface area contributed by atoms with Gasteiger partial charge in [-0.2, -0.15) is 0 Å². The van der Waals surface area contributed by atoms with Gasteiger partial charge in [0.25, 0.3) is 11.5 Å². The van der Waals surface area contributed by atoms with Crippen LogP contribution in [0.5, 0.6) is 5.75 Å². The SMILES string of the molecule is C=CCn1c(=O)/c(=C2/Sc3ccc(OC)cc3N2C)s/c1=C1\C(=O)N(C)C(=S)N1C. The van der Waals surface area contributed by atoms with Crippen LogP contribution in [0.25, 0.3) is 10.7 Å². The Morgan fingerprint density at radius 2 is 1.90 bits per heavy atom. The highest BCUT2D eigenvalue weighted by Gasteiger charge is 2.35. The highest BCUT2D eigenvalue weighted by atomic mass is 32.2. The second kappa shape index (κ2) is 7.60. The molecule has 10 heteroatoms. The van der Waals surface area contributed by atoms with E-state index in [1.807, 2.05) is 30.1 Å². The van der Waals surface area contributed by atoms with Gasteiger partial charge in [-0.1, -0.05) is 17.8 Å². The van der Waals surface area contributed by atoms with Crippen molar-refractivity contribution in [3.63, 3.8) is 0 Å². The van der Waals surface area contributed by atoms with Gasteiger partial charge < -0.3 is 14.5 Å². The van der Waals surface area contributed by atoms with Crippen molar-refractivity contribution < 1.29 is 9.53 Å². The second-order valence-electron chi connectivity index (χ2n) is 6.80. The van der Waals surface area contributed by atoms with E-state index in [9.17, 15) is 9.59 Å². The Labute approximate surface area is 187 Å². The summed E-state index contributed by atoms with van der Waals surface area (Å²) in [5.74, 6) is 0.530. The van der Waals surface area contributed by atoms with Crippen molar-refractivity contribution in [3.8, 4) is 5.75 Å². The maximum Gasteiger partial charge on any atom is 0.279 e. The molecule has 30 heavy (non-hydrogen) atoms. The Morgan fingerprint density at radius 1 is 1.17 bits per heavy atom. The average Bonchev–Trinajstić information content (AvgIpc) is 3.30. The molecule has 1 fully saturated rings. The standard InChI is InChI=1S/C20H20N4O3S3/c1-6-9-24-17(26)15(30-18(24)14-16(25)23(4)20(28)22(14)3)19-21(2)12-10-11(27-5)7-8-13(12)29-19/h6-8,10H,1,9H2,2-5H3/b18-14+,19-15-. The lowest BCUT2D eigenvalue weighted by Gasteiger charge is -2.13. The Hall–Kier alpha value is -2.56. The van der Waals surface area contributed by atoms with E-state index in [0.717, 1.165) is 21.4 Å². The van der Waals surface area contributed by atoms with Crippen LogP contribution in [-0.2, 0) is 11.3 Å². The number of hydrogen-bond donors (Lipinski definition) is 0. The molecule has 0 aliphatic carbocycles. The van der Waals surface area contributed by atoms with Crippen molar-refractivity contribution >= 4 is 62.7 Å².